The van der Waals surface area contributed by atoms with Crippen LogP contribution in [-0.2, 0) is 14.2 Å². The fourth-order valence-electron chi connectivity index (χ4n) is 3.99. The van der Waals surface area contributed by atoms with E-state index in [0.29, 0.717) is 21.9 Å². The number of imidazole rings is 1. The third-order valence-corrected chi connectivity index (χ3v) is 5.48. The van der Waals surface area contributed by atoms with Crippen LogP contribution in [0, 0.1) is 0 Å². The van der Waals surface area contributed by atoms with Gasteiger partial charge >= 0.3 is 0 Å². The van der Waals surface area contributed by atoms with Crippen LogP contribution in [-0.4, -0.2) is 55.3 Å². The number of hydrogen-bond acceptors (Lipinski definition) is 7. The second-order valence-electron chi connectivity index (χ2n) is 7.78. The number of ether oxygens (including phenoxy) is 3. The van der Waals surface area contributed by atoms with E-state index in [1.54, 1.807) is 6.33 Å². The van der Waals surface area contributed by atoms with Gasteiger partial charge in [0.25, 0.3) is 0 Å². The fraction of sp³-hybridized carbons (Fsp3) is 0.381. The van der Waals surface area contributed by atoms with E-state index in [9.17, 15) is 5.11 Å². The minimum Gasteiger partial charge on any atom is -0.394 e. The summed E-state index contributed by atoms with van der Waals surface area (Å²) >= 11 is 6.06. The summed E-state index contributed by atoms with van der Waals surface area (Å²) in [5, 5.41) is 10.4. The van der Waals surface area contributed by atoms with Gasteiger partial charge in [0.2, 0.25) is 0 Å². The Balaban J connectivity index is 1.49. The van der Waals surface area contributed by atoms with E-state index in [2.05, 4.69) is 15.0 Å². The van der Waals surface area contributed by atoms with Crippen LogP contribution in [0.3, 0.4) is 0 Å². The molecule has 0 saturated carbocycles. The van der Waals surface area contributed by atoms with Gasteiger partial charge in [-0.1, -0.05) is 29.8 Å². The Labute approximate surface area is 178 Å². The highest BCUT2D eigenvalue weighted by Gasteiger charge is 2.55. The van der Waals surface area contributed by atoms with Crippen molar-refractivity contribution in [1.29, 1.82) is 0 Å². The summed E-state index contributed by atoms with van der Waals surface area (Å²) in [6.45, 7) is 3.54. The molecule has 0 spiro atoms. The van der Waals surface area contributed by atoms with Gasteiger partial charge in [-0.2, -0.15) is 0 Å². The Morgan fingerprint density at radius 3 is 2.80 bits per heavy atom. The van der Waals surface area contributed by atoms with Crippen molar-refractivity contribution >= 4 is 34.9 Å². The summed E-state index contributed by atoms with van der Waals surface area (Å²) in [4.78, 5) is 13.3. The molecule has 0 amide bonds. The molecule has 2 fully saturated rings. The summed E-state index contributed by atoms with van der Waals surface area (Å²) in [6.07, 6.45) is 5.21. The van der Waals surface area contributed by atoms with Crippen LogP contribution in [0.15, 0.2) is 36.9 Å². The van der Waals surface area contributed by atoms with E-state index in [0.717, 1.165) is 5.56 Å². The van der Waals surface area contributed by atoms with Gasteiger partial charge in [0.15, 0.2) is 17.7 Å². The van der Waals surface area contributed by atoms with E-state index >= 15 is 0 Å². The van der Waals surface area contributed by atoms with Crippen LogP contribution >= 0.6 is 11.6 Å². The first-order valence-electron chi connectivity index (χ1n) is 9.68. The largest absolute Gasteiger partial charge is 0.394 e. The lowest BCUT2D eigenvalue weighted by Crippen LogP contribution is -2.31. The minimum atomic E-state index is -0.749. The smallest absolute Gasteiger partial charge is 0.166 e. The third-order valence-electron chi connectivity index (χ3n) is 5.25. The molecule has 3 aromatic rings. The average molecular weight is 429 g/mol. The number of nitrogens with zero attached hydrogens (tertiary/aromatic N) is 4. The highest BCUT2D eigenvalue weighted by molar-refractivity contribution is 6.30. The van der Waals surface area contributed by atoms with Crippen LogP contribution < -0.4 is 0 Å². The van der Waals surface area contributed by atoms with Crippen molar-refractivity contribution in [2.24, 2.45) is 0 Å². The molecular formula is C21H21ClN4O4. The quantitative estimate of drug-likeness (QED) is 0.682. The maximum absolute atomic E-state index is 9.72. The fourth-order valence-corrected chi connectivity index (χ4v) is 4.19. The van der Waals surface area contributed by atoms with Gasteiger partial charge in [0.05, 0.1) is 18.6 Å². The van der Waals surface area contributed by atoms with Crippen LogP contribution in [0.25, 0.3) is 23.3 Å². The molecule has 2 aromatic heterocycles. The lowest BCUT2D eigenvalue weighted by Gasteiger charge is -2.24. The number of hydrogen-bond donors (Lipinski definition) is 1. The van der Waals surface area contributed by atoms with Gasteiger partial charge < -0.3 is 19.3 Å². The normalized spacial score (nSPS) is 27.9. The summed E-state index contributed by atoms with van der Waals surface area (Å²) in [5.41, 5.74) is 2.89. The van der Waals surface area contributed by atoms with Crippen molar-refractivity contribution in [3.8, 4) is 0 Å². The first-order valence-corrected chi connectivity index (χ1v) is 10.1. The number of aliphatic hydroxyl groups excluding tert-OH is 1. The average Bonchev–Trinajstić information content (AvgIpc) is 3.37. The summed E-state index contributed by atoms with van der Waals surface area (Å²) < 4.78 is 19.8. The molecule has 0 aliphatic carbocycles. The van der Waals surface area contributed by atoms with Gasteiger partial charge in [0.1, 0.15) is 30.2 Å². The summed E-state index contributed by atoms with van der Waals surface area (Å²) in [5.74, 6) is -0.749. The van der Waals surface area contributed by atoms with Crippen molar-refractivity contribution in [2.75, 3.05) is 6.61 Å². The maximum Gasteiger partial charge on any atom is 0.166 e. The molecular weight excluding hydrogens is 408 g/mol. The zero-order valence-corrected chi connectivity index (χ0v) is 17.2. The van der Waals surface area contributed by atoms with E-state index in [4.69, 9.17) is 25.8 Å². The second kappa shape index (κ2) is 7.40. The molecule has 0 radical (unpaired) electrons. The molecule has 2 aliphatic rings. The van der Waals surface area contributed by atoms with Gasteiger partial charge in [-0.15, -0.1) is 0 Å². The highest BCUT2D eigenvalue weighted by Crippen LogP contribution is 2.43. The molecule has 8 nitrogen and oxygen atoms in total. The van der Waals surface area contributed by atoms with E-state index in [-0.39, 0.29) is 18.8 Å². The molecule has 1 aromatic carbocycles. The lowest BCUT2D eigenvalue weighted by atomic mass is 10.1. The van der Waals surface area contributed by atoms with Gasteiger partial charge in [-0.3, -0.25) is 4.57 Å². The van der Waals surface area contributed by atoms with E-state index in [1.807, 2.05) is 54.8 Å². The first-order chi connectivity index (χ1) is 14.4. The Morgan fingerprint density at radius 1 is 1.17 bits per heavy atom. The van der Waals surface area contributed by atoms with Crippen LogP contribution in [0.1, 0.15) is 31.3 Å². The molecule has 2 saturated heterocycles. The Bertz CT molecular complexity index is 1120. The molecule has 0 bridgehead atoms. The number of aromatic nitrogens is 4. The Morgan fingerprint density at radius 2 is 2.00 bits per heavy atom. The molecule has 156 valence electrons. The molecule has 5 rings (SSSR count). The van der Waals surface area contributed by atoms with Crippen molar-refractivity contribution in [1.82, 2.24) is 19.5 Å². The molecule has 0 unspecified atom stereocenters. The third kappa shape index (κ3) is 3.40. The lowest BCUT2D eigenvalue weighted by molar-refractivity contribution is -0.199. The van der Waals surface area contributed by atoms with E-state index in [1.165, 1.54) is 6.33 Å². The summed E-state index contributed by atoms with van der Waals surface area (Å²) in [6, 6.07) is 7.55. The van der Waals surface area contributed by atoms with Crippen LogP contribution in [0.4, 0.5) is 0 Å². The first kappa shape index (κ1) is 19.6. The van der Waals surface area contributed by atoms with Crippen LogP contribution in [0.2, 0.25) is 5.02 Å². The van der Waals surface area contributed by atoms with Gasteiger partial charge in [-0.05, 0) is 37.6 Å². The van der Waals surface area contributed by atoms with Crippen LogP contribution in [0.5, 0.6) is 0 Å². The van der Waals surface area contributed by atoms with Crippen molar-refractivity contribution < 1.29 is 19.3 Å². The standard InChI is InChI=1S/C21H21ClN4O4/c1-21(2)29-17-15(9-27)28-20(18(17)30-21)26-11-25-16-14(23-10-24-19(16)26)7-6-12-4-3-5-13(22)8-12/h3-8,10-11,15,17-18,20,27H,9H2,1-2H3/b7-6+/t15-,17-,18-,20-/m1/s1. The van der Waals surface area contributed by atoms with Gasteiger partial charge in [-0.25, -0.2) is 15.0 Å². The second-order valence-corrected chi connectivity index (χ2v) is 8.22. The molecule has 2 aliphatic heterocycles. The summed E-state index contributed by atoms with van der Waals surface area (Å²) in [7, 11) is 0. The number of fused-ring (bicyclic) bond motifs is 2. The molecule has 1 N–H and O–H groups in total. The zero-order valence-electron chi connectivity index (χ0n) is 16.5. The SMILES string of the molecule is CC1(C)O[C@@H]2[C@H](O1)[C@@H](CO)O[C@H]2n1cnc2c(/C=C/c3cccc(Cl)c3)ncnc21. The maximum atomic E-state index is 9.72. The number of aliphatic hydroxyl groups is 1. The number of rotatable bonds is 4. The molecule has 30 heavy (non-hydrogen) atoms. The Hall–Kier alpha value is -2.36. The van der Waals surface area contributed by atoms with Crippen molar-refractivity contribution in [3.05, 3.63) is 53.2 Å². The van der Waals surface area contributed by atoms with E-state index < -0.39 is 18.1 Å². The zero-order chi connectivity index (χ0) is 20.9. The number of halogens is 1. The van der Waals surface area contributed by atoms with Crippen molar-refractivity contribution in [2.45, 2.75) is 44.2 Å². The van der Waals surface area contributed by atoms with Crippen molar-refractivity contribution in [3.63, 3.8) is 0 Å². The predicted molar refractivity (Wildman–Crippen MR) is 111 cm³/mol. The highest BCUT2D eigenvalue weighted by atomic mass is 35.5. The monoisotopic (exact) mass is 428 g/mol. The number of benzene rings is 1. The molecule has 4 heterocycles. The molecule has 4 atom stereocenters. The minimum absolute atomic E-state index is 0.160. The molecule has 9 heteroatoms. The Kier molecular flexibility index (Phi) is 4.83. The topological polar surface area (TPSA) is 91.5 Å². The predicted octanol–water partition coefficient (Wildman–Crippen LogP) is 3.06. The van der Waals surface area contributed by atoms with Gasteiger partial charge in [0, 0.05) is 5.02 Å².